The fraction of sp³-hybridized carbons (Fsp3) is 0.214. The lowest BCUT2D eigenvalue weighted by atomic mass is 10.2. The SMILES string of the molecule is COc1csc(C(=O)N(C)Cc2ccc(Br)cc2)c1. The molecular formula is C14H14BrNO2S. The average Bonchev–Trinajstić information content (AvgIpc) is 2.89. The zero-order chi connectivity index (χ0) is 13.8. The first kappa shape index (κ1) is 14.1. The zero-order valence-electron chi connectivity index (χ0n) is 10.7. The van der Waals surface area contributed by atoms with Crippen molar-refractivity contribution < 1.29 is 9.53 Å². The highest BCUT2D eigenvalue weighted by molar-refractivity contribution is 9.10. The lowest BCUT2D eigenvalue weighted by molar-refractivity contribution is 0.0789. The van der Waals surface area contributed by atoms with Gasteiger partial charge >= 0.3 is 0 Å². The maximum Gasteiger partial charge on any atom is 0.264 e. The Morgan fingerprint density at radius 2 is 2.05 bits per heavy atom. The first-order valence-corrected chi connectivity index (χ1v) is 7.40. The fourth-order valence-electron chi connectivity index (χ4n) is 1.66. The number of hydrogen-bond acceptors (Lipinski definition) is 3. The molecule has 3 nitrogen and oxygen atoms in total. The van der Waals surface area contributed by atoms with Gasteiger partial charge in [-0.1, -0.05) is 28.1 Å². The van der Waals surface area contributed by atoms with E-state index in [-0.39, 0.29) is 5.91 Å². The van der Waals surface area contributed by atoms with Gasteiger partial charge in [-0.05, 0) is 17.7 Å². The molecule has 0 aliphatic heterocycles. The molecule has 2 rings (SSSR count). The molecule has 1 heterocycles. The number of amides is 1. The molecule has 0 bridgehead atoms. The number of thiophene rings is 1. The molecule has 1 aromatic heterocycles. The second kappa shape index (κ2) is 6.21. The number of ether oxygens (including phenoxy) is 1. The van der Waals surface area contributed by atoms with Crippen LogP contribution in [0.4, 0.5) is 0 Å². The van der Waals surface area contributed by atoms with Gasteiger partial charge in [-0.2, -0.15) is 0 Å². The third-order valence-corrected chi connectivity index (χ3v) is 4.13. The van der Waals surface area contributed by atoms with Crippen molar-refractivity contribution in [3.63, 3.8) is 0 Å². The summed E-state index contributed by atoms with van der Waals surface area (Å²) in [5.74, 6) is 0.738. The van der Waals surface area contributed by atoms with Gasteiger partial charge < -0.3 is 9.64 Å². The van der Waals surface area contributed by atoms with Gasteiger partial charge in [-0.15, -0.1) is 11.3 Å². The van der Waals surface area contributed by atoms with Gasteiger partial charge in [0.2, 0.25) is 0 Å². The van der Waals surface area contributed by atoms with E-state index in [4.69, 9.17) is 4.74 Å². The van der Waals surface area contributed by atoms with E-state index in [1.807, 2.05) is 29.6 Å². The summed E-state index contributed by atoms with van der Waals surface area (Å²) in [5.41, 5.74) is 1.10. The number of benzene rings is 1. The molecule has 0 radical (unpaired) electrons. The van der Waals surface area contributed by atoms with E-state index in [0.29, 0.717) is 11.4 Å². The van der Waals surface area contributed by atoms with Gasteiger partial charge in [-0.25, -0.2) is 0 Å². The normalized spacial score (nSPS) is 10.3. The minimum absolute atomic E-state index is 0.0104. The Bertz CT molecular complexity index is 565. The van der Waals surface area contributed by atoms with Crippen molar-refractivity contribution in [2.75, 3.05) is 14.2 Å². The van der Waals surface area contributed by atoms with Gasteiger partial charge in [0, 0.05) is 29.5 Å². The van der Waals surface area contributed by atoms with Gasteiger partial charge in [0.1, 0.15) is 5.75 Å². The molecule has 0 aliphatic rings. The summed E-state index contributed by atoms with van der Waals surface area (Å²) in [4.78, 5) is 14.6. The van der Waals surface area contributed by atoms with Gasteiger partial charge in [0.05, 0.1) is 12.0 Å². The zero-order valence-corrected chi connectivity index (χ0v) is 13.1. The second-order valence-electron chi connectivity index (χ2n) is 4.14. The van der Waals surface area contributed by atoms with Crippen molar-refractivity contribution in [1.29, 1.82) is 0 Å². The third-order valence-electron chi connectivity index (χ3n) is 2.70. The summed E-state index contributed by atoms with van der Waals surface area (Å²) in [6.07, 6.45) is 0. The Hall–Kier alpha value is -1.33. The summed E-state index contributed by atoms with van der Waals surface area (Å²) < 4.78 is 6.13. The molecule has 0 saturated heterocycles. The van der Waals surface area contributed by atoms with Crippen LogP contribution in [0, 0.1) is 0 Å². The topological polar surface area (TPSA) is 29.5 Å². The van der Waals surface area contributed by atoms with Gasteiger partial charge in [-0.3, -0.25) is 4.79 Å². The lowest BCUT2D eigenvalue weighted by Crippen LogP contribution is -2.25. The van der Waals surface area contributed by atoms with Gasteiger partial charge in [0.25, 0.3) is 5.91 Å². The molecule has 0 fully saturated rings. The highest BCUT2D eigenvalue weighted by atomic mass is 79.9. The quantitative estimate of drug-likeness (QED) is 0.847. The molecule has 0 N–H and O–H groups in total. The first-order valence-electron chi connectivity index (χ1n) is 5.72. The molecular weight excluding hydrogens is 326 g/mol. The Kier molecular flexibility index (Phi) is 4.61. The first-order chi connectivity index (χ1) is 9.10. The van der Waals surface area contributed by atoms with E-state index in [1.165, 1.54) is 11.3 Å². The van der Waals surface area contributed by atoms with E-state index in [9.17, 15) is 4.79 Å². The van der Waals surface area contributed by atoms with Crippen LogP contribution in [-0.4, -0.2) is 25.0 Å². The number of nitrogens with zero attached hydrogens (tertiary/aromatic N) is 1. The Morgan fingerprint density at radius 3 is 2.63 bits per heavy atom. The van der Waals surface area contributed by atoms with E-state index in [1.54, 1.807) is 25.1 Å². The van der Waals surface area contributed by atoms with Crippen LogP contribution in [-0.2, 0) is 6.54 Å². The van der Waals surface area contributed by atoms with Crippen LogP contribution in [0.25, 0.3) is 0 Å². The average molecular weight is 340 g/mol. The third kappa shape index (κ3) is 3.58. The van der Waals surface area contributed by atoms with Crippen LogP contribution in [0.15, 0.2) is 40.2 Å². The Morgan fingerprint density at radius 1 is 1.37 bits per heavy atom. The van der Waals surface area contributed by atoms with Crippen LogP contribution < -0.4 is 4.74 Å². The predicted molar refractivity (Wildman–Crippen MR) is 80.8 cm³/mol. The molecule has 19 heavy (non-hydrogen) atoms. The summed E-state index contributed by atoms with van der Waals surface area (Å²) in [6.45, 7) is 0.590. The summed E-state index contributed by atoms with van der Waals surface area (Å²) in [7, 11) is 3.40. The monoisotopic (exact) mass is 339 g/mol. The minimum Gasteiger partial charge on any atom is -0.496 e. The van der Waals surface area contributed by atoms with Crippen LogP contribution in [0.5, 0.6) is 5.75 Å². The number of methoxy groups -OCH3 is 1. The minimum atomic E-state index is 0.0104. The van der Waals surface area contributed by atoms with Gasteiger partial charge in [0.15, 0.2) is 0 Å². The molecule has 1 amide bonds. The lowest BCUT2D eigenvalue weighted by Gasteiger charge is -2.16. The molecule has 0 spiro atoms. The number of carbonyl (C=O) groups is 1. The second-order valence-corrected chi connectivity index (χ2v) is 5.97. The van der Waals surface area contributed by atoms with E-state index >= 15 is 0 Å². The molecule has 100 valence electrons. The Balaban J connectivity index is 2.04. The van der Waals surface area contributed by atoms with Crippen molar-refractivity contribution in [1.82, 2.24) is 4.90 Å². The highest BCUT2D eigenvalue weighted by Gasteiger charge is 2.14. The standard InChI is InChI=1S/C14H14BrNO2S/c1-16(8-10-3-5-11(15)6-4-10)14(17)13-7-12(18-2)9-19-13/h3-7,9H,8H2,1-2H3. The highest BCUT2D eigenvalue weighted by Crippen LogP contribution is 2.22. The van der Waals surface area contributed by atoms with E-state index in [2.05, 4.69) is 15.9 Å². The number of halogens is 1. The smallest absolute Gasteiger partial charge is 0.264 e. The molecule has 1 aromatic carbocycles. The predicted octanol–water partition coefficient (Wildman–Crippen LogP) is 3.79. The van der Waals surface area contributed by atoms with Crippen LogP contribution in [0.1, 0.15) is 15.2 Å². The van der Waals surface area contributed by atoms with Crippen molar-refractivity contribution >= 4 is 33.2 Å². The molecule has 5 heteroatoms. The maximum atomic E-state index is 12.2. The Labute approximate surface area is 124 Å². The number of rotatable bonds is 4. The largest absolute Gasteiger partial charge is 0.496 e. The summed E-state index contributed by atoms with van der Waals surface area (Å²) in [5, 5.41) is 1.83. The number of hydrogen-bond donors (Lipinski definition) is 0. The van der Waals surface area contributed by atoms with E-state index < -0.39 is 0 Å². The van der Waals surface area contributed by atoms with Crippen molar-refractivity contribution in [3.05, 3.63) is 50.6 Å². The maximum absolute atomic E-state index is 12.2. The molecule has 2 aromatic rings. The van der Waals surface area contributed by atoms with Crippen molar-refractivity contribution in [2.45, 2.75) is 6.54 Å². The van der Waals surface area contributed by atoms with Crippen LogP contribution >= 0.6 is 27.3 Å². The number of carbonyl (C=O) groups excluding carboxylic acids is 1. The van der Waals surface area contributed by atoms with Crippen LogP contribution in [0.2, 0.25) is 0 Å². The molecule has 0 saturated carbocycles. The summed E-state index contributed by atoms with van der Waals surface area (Å²) >= 11 is 4.80. The van der Waals surface area contributed by atoms with E-state index in [0.717, 1.165) is 15.8 Å². The fourth-order valence-corrected chi connectivity index (χ4v) is 2.77. The molecule has 0 atom stereocenters. The van der Waals surface area contributed by atoms with Crippen molar-refractivity contribution in [2.24, 2.45) is 0 Å². The summed E-state index contributed by atoms with van der Waals surface area (Å²) in [6, 6.07) is 9.72. The molecule has 0 unspecified atom stereocenters. The van der Waals surface area contributed by atoms with Crippen molar-refractivity contribution in [3.8, 4) is 5.75 Å². The molecule has 0 aliphatic carbocycles. The van der Waals surface area contributed by atoms with Crippen LogP contribution in [0.3, 0.4) is 0 Å².